The maximum Gasteiger partial charge on any atom is 0.115 e. The molecule has 0 unspecified atom stereocenters. The van der Waals surface area contributed by atoms with Crippen LogP contribution in [0.1, 0.15) is 29.9 Å². The second-order valence-corrected chi connectivity index (χ2v) is 5.31. The van der Waals surface area contributed by atoms with Crippen LogP contribution in [0.2, 0.25) is 0 Å². The first-order valence-electron chi connectivity index (χ1n) is 6.40. The Balaban J connectivity index is 2.07. The number of aryl methyl sites for hydroxylation is 2. The van der Waals surface area contributed by atoms with Crippen LogP contribution in [-0.4, -0.2) is 21.7 Å². The first-order valence-corrected chi connectivity index (χ1v) is 6.40. The smallest absolute Gasteiger partial charge is 0.115 e. The number of aliphatic hydroxyl groups excluding tert-OH is 1. The number of aliphatic hydroxyl groups is 1. The van der Waals surface area contributed by atoms with E-state index in [9.17, 15) is 5.11 Å². The Morgan fingerprint density at radius 1 is 1.28 bits per heavy atom. The van der Waals surface area contributed by atoms with Gasteiger partial charge < -0.3 is 10.1 Å². The summed E-state index contributed by atoms with van der Waals surface area (Å²) in [4.78, 5) is 8.08. The van der Waals surface area contributed by atoms with Gasteiger partial charge in [-0.05, 0) is 32.3 Å². The maximum absolute atomic E-state index is 9.48. The zero-order valence-corrected chi connectivity index (χ0v) is 10.8. The summed E-state index contributed by atoms with van der Waals surface area (Å²) in [5, 5.41) is 9.48. The standard InChI is InChI=1S/C15H18N2O/c1-10-5-3-4-6-12(10)13-11(2)16-14(17-13)15(9-18)7-8-15/h3-6,18H,7-9H2,1-2H3,(H,16,17). The molecular weight excluding hydrogens is 224 g/mol. The minimum Gasteiger partial charge on any atom is -0.395 e. The van der Waals surface area contributed by atoms with Crippen LogP contribution in [0.15, 0.2) is 24.3 Å². The highest BCUT2D eigenvalue weighted by Crippen LogP contribution is 2.47. The van der Waals surface area contributed by atoms with Crippen LogP contribution in [0.4, 0.5) is 0 Å². The third-order valence-corrected chi connectivity index (χ3v) is 3.94. The van der Waals surface area contributed by atoms with Crippen molar-refractivity contribution in [2.24, 2.45) is 0 Å². The molecule has 0 radical (unpaired) electrons. The number of aromatic amines is 1. The second kappa shape index (κ2) is 3.95. The Kier molecular flexibility index (Phi) is 2.52. The molecule has 0 atom stereocenters. The molecule has 2 aromatic rings. The van der Waals surface area contributed by atoms with Gasteiger partial charge in [0.05, 0.1) is 17.7 Å². The predicted octanol–water partition coefficient (Wildman–Crippen LogP) is 2.72. The molecule has 0 bridgehead atoms. The SMILES string of the molecule is Cc1ccccc1-c1nc(C2(CO)CC2)[nH]c1C. The number of nitrogens with one attached hydrogen (secondary N) is 1. The predicted molar refractivity (Wildman–Crippen MR) is 71.5 cm³/mol. The lowest BCUT2D eigenvalue weighted by atomic mass is 10.0. The number of H-pyrrole nitrogens is 1. The van der Waals surface area contributed by atoms with Crippen LogP contribution in [0, 0.1) is 13.8 Å². The molecule has 1 heterocycles. The van der Waals surface area contributed by atoms with E-state index in [1.165, 1.54) is 11.1 Å². The molecule has 2 N–H and O–H groups in total. The molecule has 0 saturated heterocycles. The largest absolute Gasteiger partial charge is 0.395 e. The van der Waals surface area contributed by atoms with Crippen molar-refractivity contribution >= 4 is 0 Å². The molecule has 1 fully saturated rings. The van der Waals surface area contributed by atoms with Crippen molar-refractivity contribution in [1.29, 1.82) is 0 Å². The van der Waals surface area contributed by atoms with Crippen molar-refractivity contribution in [2.45, 2.75) is 32.1 Å². The zero-order valence-electron chi connectivity index (χ0n) is 10.8. The molecule has 18 heavy (non-hydrogen) atoms. The average Bonchev–Trinajstić information content (AvgIpc) is 3.08. The van der Waals surface area contributed by atoms with Gasteiger partial charge in [0.15, 0.2) is 0 Å². The highest BCUT2D eigenvalue weighted by Gasteiger charge is 2.46. The van der Waals surface area contributed by atoms with Crippen LogP contribution >= 0.6 is 0 Å². The van der Waals surface area contributed by atoms with Crippen LogP contribution in [0.25, 0.3) is 11.3 Å². The van der Waals surface area contributed by atoms with E-state index in [1.54, 1.807) is 0 Å². The van der Waals surface area contributed by atoms with E-state index in [0.717, 1.165) is 30.1 Å². The normalized spacial score (nSPS) is 16.8. The molecule has 0 amide bonds. The quantitative estimate of drug-likeness (QED) is 0.869. The first-order chi connectivity index (χ1) is 8.66. The Morgan fingerprint density at radius 2 is 2.00 bits per heavy atom. The molecule has 3 rings (SSSR count). The summed E-state index contributed by atoms with van der Waals surface area (Å²) in [5.74, 6) is 0.945. The van der Waals surface area contributed by atoms with Crippen molar-refractivity contribution in [1.82, 2.24) is 9.97 Å². The van der Waals surface area contributed by atoms with Gasteiger partial charge in [0, 0.05) is 11.3 Å². The Hall–Kier alpha value is -1.61. The molecule has 1 aliphatic rings. The molecule has 1 aliphatic carbocycles. The van der Waals surface area contributed by atoms with Crippen molar-refractivity contribution in [3.05, 3.63) is 41.3 Å². The van der Waals surface area contributed by atoms with Crippen molar-refractivity contribution < 1.29 is 5.11 Å². The van der Waals surface area contributed by atoms with E-state index in [0.29, 0.717) is 0 Å². The fourth-order valence-corrected chi connectivity index (χ4v) is 2.43. The summed E-state index contributed by atoms with van der Waals surface area (Å²) in [6.45, 7) is 4.33. The van der Waals surface area contributed by atoms with E-state index in [1.807, 2.05) is 19.1 Å². The van der Waals surface area contributed by atoms with Crippen LogP contribution in [0.3, 0.4) is 0 Å². The number of imidazole rings is 1. The van der Waals surface area contributed by atoms with Crippen molar-refractivity contribution in [3.63, 3.8) is 0 Å². The highest BCUT2D eigenvalue weighted by molar-refractivity contribution is 5.66. The summed E-state index contributed by atoms with van der Waals surface area (Å²) in [6.07, 6.45) is 2.06. The van der Waals surface area contributed by atoms with Crippen LogP contribution in [0.5, 0.6) is 0 Å². The van der Waals surface area contributed by atoms with E-state index in [-0.39, 0.29) is 12.0 Å². The molecule has 0 aliphatic heterocycles. The van der Waals surface area contributed by atoms with Crippen LogP contribution in [-0.2, 0) is 5.41 Å². The molecule has 1 saturated carbocycles. The first kappa shape index (κ1) is 11.5. The van der Waals surface area contributed by atoms with Gasteiger partial charge in [0.1, 0.15) is 5.82 Å². The van der Waals surface area contributed by atoms with Gasteiger partial charge in [-0.15, -0.1) is 0 Å². The Morgan fingerprint density at radius 3 is 2.61 bits per heavy atom. The summed E-state index contributed by atoms with van der Waals surface area (Å²) >= 11 is 0. The fraction of sp³-hybridized carbons (Fsp3) is 0.400. The maximum atomic E-state index is 9.48. The summed E-state index contributed by atoms with van der Waals surface area (Å²) in [6, 6.07) is 8.27. The average molecular weight is 242 g/mol. The summed E-state index contributed by atoms with van der Waals surface area (Å²) in [5.41, 5.74) is 4.41. The van der Waals surface area contributed by atoms with Crippen LogP contribution < -0.4 is 0 Å². The summed E-state index contributed by atoms with van der Waals surface area (Å²) < 4.78 is 0. The molecule has 3 heteroatoms. The van der Waals surface area contributed by atoms with E-state index in [2.05, 4.69) is 24.0 Å². The molecule has 1 aromatic carbocycles. The minimum absolute atomic E-state index is 0.0916. The van der Waals surface area contributed by atoms with Gasteiger partial charge >= 0.3 is 0 Å². The van der Waals surface area contributed by atoms with Gasteiger partial charge in [-0.3, -0.25) is 0 Å². The van der Waals surface area contributed by atoms with E-state index >= 15 is 0 Å². The van der Waals surface area contributed by atoms with E-state index < -0.39 is 0 Å². The molecule has 3 nitrogen and oxygen atoms in total. The Labute approximate surface area is 107 Å². The molecule has 1 aromatic heterocycles. The second-order valence-electron chi connectivity index (χ2n) is 5.31. The van der Waals surface area contributed by atoms with Crippen molar-refractivity contribution in [3.8, 4) is 11.3 Å². The Bertz CT molecular complexity index is 582. The number of hydrogen-bond donors (Lipinski definition) is 2. The molecule has 94 valence electrons. The van der Waals surface area contributed by atoms with E-state index in [4.69, 9.17) is 4.98 Å². The number of benzene rings is 1. The van der Waals surface area contributed by atoms with Gasteiger partial charge in [-0.25, -0.2) is 4.98 Å². The number of aromatic nitrogens is 2. The lowest BCUT2D eigenvalue weighted by Crippen LogP contribution is -2.13. The third kappa shape index (κ3) is 1.66. The fourth-order valence-electron chi connectivity index (χ4n) is 2.43. The number of hydrogen-bond acceptors (Lipinski definition) is 2. The van der Waals surface area contributed by atoms with Gasteiger partial charge in [-0.2, -0.15) is 0 Å². The monoisotopic (exact) mass is 242 g/mol. The molecular formula is C15H18N2O. The number of rotatable bonds is 3. The lowest BCUT2D eigenvalue weighted by Gasteiger charge is -2.06. The highest BCUT2D eigenvalue weighted by atomic mass is 16.3. The van der Waals surface area contributed by atoms with Gasteiger partial charge in [-0.1, -0.05) is 24.3 Å². The zero-order chi connectivity index (χ0) is 12.8. The molecule has 0 spiro atoms. The van der Waals surface area contributed by atoms with Crippen molar-refractivity contribution in [2.75, 3.05) is 6.61 Å². The lowest BCUT2D eigenvalue weighted by molar-refractivity contribution is 0.250. The van der Waals surface area contributed by atoms with Gasteiger partial charge in [0.25, 0.3) is 0 Å². The minimum atomic E-state index is -0.0916. The number of nitrogens with zero attached hydrogens (tertiary/aromatic N) is 1. The third-order valence-electron chi connectivity index (χ3n) is 3.94. The summed E-state index contributed by atoms with van der Waals surface area (Å²) in [7, 11) is 0. The topological polar surface area (TPSA) is 48.9 Å². The van der Waals surface area contributed by atoms with Gasteiger partial charge in [0.2, 0.25) is 0 Å².